The molecular formula is C25H28N6. The third-order valence-corrected chi connectivity index (χ3v) is 5.19. The van der Waals surface area contributed by atoms with Crippen LogP contribution in [0.25, 0.3) is 5.69 Å². The molecule has 0 aliphatic heterocycles. The fourth-order valence-electron chi connectivity index (χ4n) is 3.31. The van der Waals surface area contributed by atoms with Crippen LogP contribution in [0.15, 0.2) is 67.1 Å². The SMILES string of the molecule is Cc1cnc(Nc2ccc(-n3ccnc3C)cc2)nc1Nc1cccc(C(C)(C)C)c1. The molecule has 158 valence electrons. The molecule has 0 aliphatic rings. The lowest BCUT2D eigenvalue weighted by molar-refractivity contribution is 0.590. The molecule has 0 saturated carbocycles. The number of anilines is 4. The molecular weight excluding hydrogens is 384 g/mol. The van der Waals surface area contributed by atoms with Crippen LogP contribution < -0.4 is 10.6 Å². The van der Waals surface area contributed by atoms with Crippen LogP contribution in [-0.4, -0.2) is 19.5 Å². The first-order valence-corrected chi connectivity index (χ1v) is 10.4. The van der Waals surface area contributed by atoms with E-state index in [0.717, 1.165) is 34.3 Å². The summed E-state index contributed by atoms with van der Waals surface area (Å²) in [4.78, 5) is 13.4. The van der Waals surface area contributed by atoms with Crippen molar-refractivity contribution in [2.45, 2.75) is 40.0 Å². The van der Waals surface area contributed by atoms with Crippen LogP contribution in [0.3, 0.4) is 0 Å². The van der Waals surface area contributed by atoms with Crippen LogP contribution in [0.2, 0.25) is 0 Å². The molecule has 4 rings (SSSR count). The number of aromatic nitrogens is 4. The van der Waals surface area contributed by atoms with Gasteiger partial charge >= 0.3 is 0 Å². The van der Waals surface area contributed by atoms with E-state index < -0.39 is 0 Å². The van der Waals surface area contributed by atoms with Gasteiger partial charge in [0, 0.05) is 41.2 Å². The van der Waals surface area contributed by atoms with E-state index >= 15 is 0 Å². The van der Waals surface area contributed by atoms with Gasteiger partial charge in [0.1, 0.15) is 11.6 Å². The first-order valence-electron chi connectivity index (χ1n) is 10.4. The highest BCUT2D eigenvalue weighted by Crippen LogP contribution is 2.27. The molecule has 0 fully saturated rings. The fourth-order valence-corrected chi connectivity index (χ4v) is 3.31. The molecule has 0 aliphatic carbocycles. The highest BCUT2D eigenvalue weighted by Gasteiger charge is 2.14. The maximum Gasteiger partial charge on any atom is 0.229 e. The van der Waals surface area contributed by atoms with Crippen molar-refractivity contribution in [1.82, 2.24) is 19.5 Å². The average Bonchev–Trinajstić information content (AvgIpc) is 3.17. The smallest absolute Gasteiger partial charge is 0.229 e. The highest BCUT2D eigenvalue weighted by atomic mass is 15.1. The monoisotopic (exact) mass is 412 g/mol. The average molecular weight is 413 g/mol. The standard InChI is InChI=1S/C25H28N6/c1-17-16-27-24(29-20-9-11-22(12-10-20)31-14-13-26-18(31)2)30-23(17)28-21-8-6-7-19(15-21)25(3,4)5/h6-16H,1-5H3,(H2,27,28,29,30). The van der Waals surface area contributed by atoms with Crippen LogP contribution in [0.1, 0.15) is 37.7 Å². The Morgan fingerprint density at radius 2 is 1.65 bits per heavy atom. The lowest BCUT2D eigenvalue weighted by atomic mass is 9.87. The summed E-state index contributed by atoms with van der Waals surface area (Å²) in [7, 11) is 0. The van der Waals surface area contributed by atoms with E-state index in [1.807, 2.05) is 55.1 Å². The Labute approximate surface area is 183 Å². The normalized spacial score (nSPS) is 11.4. The van der Waals surface area contributed by atoms with Crippen molar-refractivity contribution in [2.24, 2.45) is 0 Å². The first kappa shape index (κ1) is 20.6. The summed E-state index contributed by atoms with van der Waals surface area (Å²) in [5.74, 6) is 2.29. The van der Waals surface area contributed by atoms with Crippen LogP contribution in [0, 0.1) is 13.8 Å². The molecule has 2 heterocycles. The number of aryl methyl sites for hydroxylation is 2. The van der Waals surface area contributed by atoms with Gasteiger partial charge in [-0.15, -0.1) is 0 Å². The van der Waals surface area contributed by atoms with Crippen molar-refractivity contribution in [3.8, 4) is 5.69 Å². The molecule has 2 aromatic carbocycles. The first-order chi connectivity index (χ1) is 14.8. The molecule has 6 heteroatoms. The van der Waals surface area contributed by atoms with E-state index in [1.54, 1.807) is 6.20 Å². The number of nitrogens with zero attached hydrogens (tertiary/aromatic N) is 4. The van der Waals surface area contributed by atoms with Crippen molar-refractivity contribution in [3.63, 3.8) is 0 Å². The predicted molar refractivity (Wildman–Crippen MR) is 127 cm³/mol. The largest absolute Gasteiger partial charge is 0.340 e. The van der Waals surface area contributed by atoms with E-state index in [-0.39, 0.29) is 5.41 Å². The number of hydrogen-bond donors (Lipinski definition) is 2. The van der Waals surface area contributed by atoms with Crippen LogP contribution in [0.5, 0.6) is 0 Å². The fraction of sp³-hybridized carbons (Fsp3) is 0.240. The maximum absolute atomic E-state index is 4.69. The Morgan fingerprint density at radius 3 is 2.32 bits per heavy atom. The minimum Gasteiger partial charge on any atom is -0.340 e. The van der Waals surface area contributed by atoms with Gasteiger partial charge in [0.2, 0.25) is 5.95 Å². The summed E-state index contributed by atoms with van der Waals surface area (Å²) in [6.45, 7) is 10.6. The number of benzene rings is 2. The second-order valence-corrected chi connectivity index (χ2v) is 8.70. The second-order valence-electron chi connectivity index (χ2n) is 8.70. The quantitative estimate of drug-likeness (QED) is 0.417. The Kier molecular flexibility index (Phi) is 5.46. The zero-order chi connectivity index (χ0) is 22.0. The zero-order valence-corrected chi connectivity index (χ0v) is 18.6. The molecule has 31 heavy (non-hydrogen) atoms. The predicted octanol–water partition coefficient (Wildman–Crippen LogP) is 6.06. The molecule has 0 radical (unpaired) electrons. The van der Waals surface area contributed by atoms with E-state index in [9.17, 15) is 0 Å². The Bertz CT molecular complexity index is 1190. The zero-order valence-electron chi connectivity index (χ0n) is 18.6. The summed E-state index contributed by atoms with van der Waals surface area (Å²) in [5, 5.41) is 6.74. The molecule has 0 spiro atoms. The van der Waals surface area contributed by atoms with Gasteiger partial charge in [-0.25, -0.2) is 9.97 Å². The van der Waals surface area contributed by atoms with E-state index in [4.69, 9.17) is 4.98 Å². The lowest BCUT2D eigenvalue weighted by Crippen LogP contribution is -2.11. The summed E-state index contributed by atoms with van der Waals surface area (Å²) in [6.07, 6.45) is 5.58. The third-order valence-electron chi connectivity index (χ3n) is 5.19. The second kappa shape index (κ2) is 8.22. The van der Waals surface area contributed by atoms with Crippen molar-refractivity contribution in [1.29, 1.82) is 0 Å². The van der Waals surface area contributed by atoms with Gasteiger partial charge in [0.05, 0.1) is 0 Å². The molecule has 0 unspecified atom stereocenters. The van der Waals surface area contributed by atoms with Gasteiger partial charge in [0.25, 0.3) is 0 Å². The topological polar surface area (TPSA) is 67.7 Å². The molecule has 4 aromatic rings. The van der Waals surface area contributed by atoms with Gasteiger partial charge < -0.3 is 15.2 Å². The van der Waals surface area contributed by atoms with E-state index in [2.05, 4.69) is 65.6 Å². The molecule has 2 aromatic heterocycles. The van der Waals surface area contributed by atoms with E-state index in [0.29, 0.717) is 5.95 Å². The summed E-state index contributed by atoms with van der Waals surface area (Å²) >= 11 is 0. The maximum atomic E-state index is 4.69. The Morgan fingerprint density at radius 1 is 0.871 bits per heavy atom. The van der Waals surface area contributed by atoms with Gasteiger partial charge in [-0.1, -0.05) is 32.9 Å². The van der Waals surface area contributed by atoms with Crippen molar-refractivity contribution < 1.29 is 0 Å². The van der Waals surface area contributed by atoms with Crippen LogP contribution >= 0.6 is 0 Å². The van der Waals surface area contributed by atoms with Gasteiger partial charge in [0.15, 0.2) is 0 Å². The van der Waals surface area contributed by atoms with Gasteiger partial charge in [-0.2, -0.15) is 4.98 Å². The Hall–Kier alpha value is -3.67. The number of rotatable bonds is 5. The van der Waals surface area contributed by atoms with Gasteiger partial charge in [-0.3, -0.25) is 0 Å². The number of nitrogens with one attached hydrogen (secondary N) is 2. The Balaban J connectivity index is 1.52. The molecule has 2 N–H and O–H groups in total. The minimum atomic E-state index is 0.0898. The highest BCUT2D eigenvalue weighted by molar-refractivity contribution is 5.63. The summed E-state index contributed by atoms with van der Waals surface area (Å²) in [6, 6.07) is 16.6. The number of imidazole rings is 1. The number of hydrogen-bond acceptors (Lipinski definition) is 5. The van der Waals surface area contributed by atoms with Crippen molar-refractivity contribution in [2.75, 3.05) is 10.6 Å². The molecule has 0 saturated heterocycles. The molecule has 0 atom stereocenters. The van der Waals surface area contributed by atoms with Gasteiger partial charge in [-0.05, 0) is 61.2 Å². The van der Waals surface area contributed by atoms with Crippen LogP contribution in [-0.2, 0) is 5.41 Å². The van der Waals surface area contributed by atoms with Crippen molar-refractivity contribution >= 4 is 23.1 Å². The molecule has 0 amide bonds. The summed E-state index contributed by atoms with van der Waals surface area (Å²) in [5.41, 5.74) is 5.35. The van der Waals surface area contributed by atoms with Crippen molar-refractivity contribution in [3.05, 3.63) is 84.1 Å². The third kappa shape index (κ3) is 4.74. The lowest BCUT2D eigenvalue weighted by Gasteiger charge is -2.20. The van der Waals surface area contributed by atoms with E-state index in [1.165, 1.54) is 5.56 Å². The molecule has 6 nitrogen and oxygen atoms in total. The molecule has 0 bridgehead atoms. The van der Waals surface area contributed by atoms with Crippen LogP contribution in [0.4, 0.5) is 23.1 Å². The summed E-state index contributed by atoms with van der Waals surface area (Å²) < 4.78 is 2.04. The minimum absolute atomic E-state index is 0.0898.